The SMILES string of the molecule is CCC1(CNc2nc(NC)nc(N3CCCC3)n2)CC1. The van der Waals surface area contributed by atoms with Crippen molar-refractivity contribution in [2.75, 3.05) is 42.2 Å². The topological polar surface area (TPSA) is 66.0 Å². The lowest BCUT2D eigenvalue weighted by Gasteiger charge is -2.18. The van der Waals surface area contributed by atoms with Crippen molar-refractivity contribution in [1.82, 2.24) is 15.0 Å². The molecule has 6 heteroatoms. The number of hydrogen-bond donors (Lipinski definition) is 2. The fourth-order valence-electron chi connectivity index (χ4n) is 2.71. The van der Waals surface area contributed by atoms with Gasteiger partial charge in [-0.2, -0.15) is 15.0 Å². The van der Waals surface area contributed by atoms with E-state index in [4.69, 9.17) is 0 Å². The van der Waals surface area contributed by atoms with Gasteiger partial charge in [0.1, 0.15) is 0 Å². The van der Waals surface area contributed by atoms with Crippen LogP contribution in [-0.4, -0.2) is 41.6 Å². The van der Waals surface area contributed by atoms with Crippen LogP contribution < -0.4 is 15.5 Å². The maximum atomic E-state index is 4.58. The summed E-state index contributed by atoms with van der Waals surface area (Å²) in [6, 6.07) is 0. The first-order valence-electron chi connectivity index (χ1n) is 7.67. The van der Waals surface area contributed by atoms with Crippen molar-refractivity contribution in [2.24, 2.45) is 5.41 Å². The highest BCUT2D eigenvalue weighted by atomic mass is 15.3. The van der Waals surface area contributed by atoms with Crippen molar-refractivity contribution in [3.05, 3.63) is 0 Å². The number of nitrogens with one attached hydrogen (secondary N) is 2. The Hall–Kier alpha value is -1.59. The van der Waals surface area contributed by atoms with E-state index in [1.807, 2.05) is 7.05 Å². The van der Waals surface area contributed by atoms with E-state index >= 15 is 0 Å². The number of anilines is 3. The molecule has 2 heterocycles. The molecule has 6 nitrogen and oxygen atoms in total. The Kier molecular flexibility index (Phi) is 3.63. The standard InChI is InChI=1S/C14H24N6/c1-3-14(6-7-14)10-16-12-17-11(15-2)18-13(19-12)20-8-4-5-9-20/h3-10H2,1-2H3,(H2,15,16,17,18,19). The molecule has 2 N–H and O–H groups in total. The molecule has 1 saturated carbocycles. The van der Waals surface area contributed by atoms with E-state index in [9.17, 15) is 0 Å². The van der Waals surface area contributed by atoms with Crippen molar-refractivity contribution in [3.63, 3.8) is 0 Å². The fourth-order valence-corrected chi connectivity index (χ4v) is 2.71. The lowest BCUT2D eigenvalue weighted by Crippen LogP contribution is -2.23. The van der Waals surface area contributed by atoms with Crippen LogP contribution in [-0.2, 0) is 0 Å². The smallest absolute Gasteiger partial charge is 0.231 e. The molecule has 0 aromatic carbocycles. The van der Waals surface area contributed by atoms with Crippen LogP contribution >= 0.6 is 0 Å². The Labute approximate surface area is 120 Å². The van der Waals surface area contributed by atoms with Gasteiger partial charge < -0.3 is 15.5 Å². The monoisotopic (exact) mass is 276 g/mol. The summed E-state index contributed by atoms with van der Waals surface area (Å²) < 4.78 is 0. The number of aromatic nitrogens is 3. The molecule has 110 valence electrons. The Morgan fingerprint density at radius 1 is 1.10 bits per heavy atom. The second-order valence-corrected chi connectivity index (χ2v) is 5.93. The Morgan fingerprint density at radius 3 is 2.40 bits per heavy atom. The van der Waals surface area contributed by atoms with Gasteiger partial charge in [-0.05, 0) is 37.5 Å². The molecule has 0 radical (unpaired) electrons. The van der Waals surface area contributed by atoms with Crippen molar-refractivity contribution < 1.29 is 0 Å². The third-order valence-corrected chi connectivity index (χ3v) is 4.56. The van der Waals surface area contributed by atoms with E-state index in [-0.39, 0.29) is 0 Å². The second-order valence-electron chi connectivity index (χ2n) is 5.93. The van der Waals surface area contributed by atoms with Gasteiger partial charge in [0.2, 0.25) is 17.8 Å². The molecule has 0 atom stereocenters. The van der Waals surface area contributed by atoms with Crippen molar-refractivity contribution in [3.8, 4) is 0 Å². The van der Waals surface area contributed by atoms with E-state index in [1.165, 1.54) is 32.1 Å². The van der Waals surface area contributed by atoms with Crippen LogP contribution in [0.5, 0.6) is 0 Å². The lowest BCUT2D eigenvalue weighted by molar-refractivity contribution is 0.519. The number of nitrogens with zero attached hydrogens (tertiary/aromatic N) is 4. The van der Waals surface area contributed by atoms with E-state index in [0.29, 0.717) is 17.3 Å². The van der Waals surface area contributed by atoms with Gasteiger partial charge in [0.25, 0.3) is 0 Å². The molecular weight excluding hydrogens is 252 g/mol. The highest BCUT2D eigenvalue weighted by Crippen LogP contribution is 2.48. The molecule has 0 amide bonds. The largest absolute Gasteiger partial charge is 0.357 e. The summed E-state index contributed by atoms with van der Waals surface area (Å²) in [5.74, 6) is 2.14. The Bertz CT molecular complexity index is 465. The minimum atomic E-state index is 0.486. The second kappa shape index (κ2) is 5.42. The van der Waals surface area contributed by atoms with Gasteiger partial charge in [-0.25, -0.2) is 0 Å². The van der Waals surface area contributed by atoms with Gasteiger partial charge in [0, 0.05) is 26.7 Å². The van der Waals surface area contributed by atoms with E-state index < -0.39 is 0 Å². The molecule has 0 bridgehead atoms. The van der Waals surface area contributed by atoms with E-state index in [2.05, 4.69) is 37.4 Å². The third kappa shape index (κ3) is 2.78. The van der Waals surface area contributed by atoms with Gasteiger partial charge in [-0.1, -0.05) is 6.92 Å². The summed E-state index contributed by atoms with van der Waals surface area (Å²) in [5.41, 5.74) is 0.486. The minimum Gasteiger partial charge on any atom is -0.357 e. The zero-order chi connectivity index (χ0) is 14.0. The van der Waals surface area contributed by atoms with Crippen LogP contribution in [0.2, 0.25) is 0 Å². The zero-order valence-corrected chi connectivity index (χ0v) is 12.4. The summed E-state index contributed by atoms with van der Waals surface area (Å²) in [7, 11) is 1.85. The molecule has 1 aliphatic carbocycles. The summed E-state index contributed by atoms with van der Waals surface area (Å²) >= 11 is 0. The molecular formula is C14H24N6. The van der Waals surface area contributed by atoms with Crippen LogP contribution in [0.4, 0.5) is 17.8 Å². The normalized spacial score (nSPS) is 20.0. The molecule has 1 aromatic rings. The first-order valence-corrected chi connectivity index (χ1v) is 7.67. The first-order chi connectivity index (χ1) is 9.74. The lowest BCUT2D eigenvalue weighted by atomic mass is 10.0. The third-order valence-electron chi connectivity index (χ3n) is 4.56. The van der Waals surface area contributed by atoms with Crippen LogP contribution in [0.3, 0.4) is 0 Å². The quantitative estimate of drug-likeness (QED) is 0.829. The average molecular weight is 276 g/mol. The predicted octanol–water partition coefficient (Wildman–Crippen LogP) is 2.12. The predicted molar refractivity (Wildman–Crippen MR) is 81.3 cm³/mol. The molecule has 2 fully saturated rings. The molecule has 2 aliphatic rings. The summed E-state index contributed by atoms with van der Waals surface area (Å²) in [6.45, 7) is 5.32. The molecule has 1 aliphatic heterocycles. The Morgan fingerprint density at radius 2 is 1.80 bits per heavy atom. The molecule has 0 unspecified atom stereocenters. The minimum absolute atomic E-state index is 0.486. The van der Waals surface area contributed by atoms with Crippen LogP contribution in [0, 0.1) is 5.41 Å². The van der Waals surface area contributed by atoms with Crippen LogP contribution in [0.25, 0.3) is 0 Å². The van der Waals surface area contributed by atoms with E-state index in [0.717, 1.165) is 25.6 Å². The molecule has 1 aromatic heterocycles. The highest BCUT2D eigenvalue weighted by molar-refractivity contribution is 5.44. The summed E-state index contributed by atoms with van der Waals surface area (Å²) in [6.07, 6.45) is 6.31. The fraction of sp³-hybridized carbons (Fsp3) is 0.786. The summed E-state index contributed by atoms with van der Waals surface area (Å²) in [4.78, 5) is 15.7. The Balaban J connectivity index is 1.73. The van der Waals surface area contributed by atoms with Crippen molar-refractivity contribution in [2.45, 2.75) is 39.0 Å². The molecule has 1 saturated heterocycles. The number of hydrogen-bond acceptors (Lipinski definition) is 6. The van der Waals surface area contributed by atoms with Gasteiger partial charge >= 0.3 is 0 Å². The summed E-state index contributed by atoms with van der Waals surface area (Å²) in [5, 5.41) is 6.44. The van der Waals surface area contributed by atoms with E-state index in [1.54, 1.807) is 0 Å². The van der Waals surface area contributed by atoms with Gasteiger partial charge in [0.05, 0.1) is 0 Å². The van der Waals surface area contributed by atoms with Gasteiger partial charge in [-0.3, -0.25) is 0 Å². The van der Waals surface area contributed by atoms with Gasteiger partial charge in [-0.15, -0.1) is 0 Å². The van der Waals surface area contributed by atoms with Crippen LogP contribution in [0.15, 0.2) is 0 Å². The average Bonchev–Trinajstić information content (AvgIpc) is 3.06. The zero-order valence-electron chi connectivity index (χ0n) is 12.4. The highest BCUT2D eigenvalue weighted by Gasteiger charge is 2.40. The molecule has 20 heavy (non-hydrogen) atoms. The first kappa shape index (κ1) is 13.4. The van der Waals surface area contributed by atoms with Gasteiger partial charge in [0.15, 0.2) is 0 Å². The van der Waals surface area contributed by atoms with Crippen LogP contribution in [0.1, 0.15) is 39.0 Å². The molecule has 0 spiro atoms. The maximum Gasteiger partial charge on any atom is 0.231 e. The number of rotatable bonds is 6. The maximum absolute atomic E-state index is 4.58. The molecule has 3 rings (SSSR count). The van der Waals surface area contributed by atoms with Crippen molar-refractivity contribution >= 4 is 17.8 Å². The van der Waals surface area contributed by atoms with Crippen molar-refractivity contribution in [1.29, 1.82) is 0 Å².